The van der Waals surface area contributed by atoms with Gasteiger partial charge in [-0.3, -0.25) is 24.6 Å². The number of sulfonamides is 1. The first-order valence-electron chi connectivity index (χ1n) is 24.6. The molecule has 5 N–H and O–H groups in total. The number of nitrogens with one attached hydrogen (secondary N) is 4. The molecular formula is C52H62N8O9S. The second-order valence-corrected chi connectivity index (χ2v) is 22.5. The summed E-state index contributed by atoms with van der Waals surface area (Å²) in [5.41, 5.74) is 3.07. The van der Waals surface area contributed by atoms with E-state index < -0.39 is 42.9 Å². The SMILES string of the molecule is CC(=O)Nc1nc2[nH]ccc2cc1Oc1cc(N2CCC3(CC2)CC(N2CCC[C@@H]2c2ccccc2C(C)C)C3)ccc1C(=O)NS(=O)(=O)c1cc2c(c([N+](=O)[O-])c1)N[C@@H](C1CCC(C)(O)CC1)CO2. The molecule has 3 aromatic carbocycles. The number of carbonyl (C=O) groups is 2. The number of anilines is 3. The van der Waals surface area contributed by atoms with E-state index in [0.717, 1.165) is 57.1 Å². The molecule has 0 unspecified atom stereocenters. The van der Waals surface area contributed by atoms with Crippen molar-refractivity contribution < 1.29 is 37.5 Å². The van der Waals surface area contributed by atoms with Crippen LogP contribution >= 0.6 is 0 Å². The van der Waals surface area contributed by atoms with Crippen LogP contribution in [0.5, 0.6) is 17.2 Å². The highest BCUT2D eigenvalue weighted by Crippen LogP contribution is 2.54. The summed E-state index contributed by atoms with van der Waals surface area (Å²) in [6, 6.07) is 20.2. The maximum Gasteiger partial charge on any atom is 0.297 e. The molecule has 3 aliphatic heterocycles. The molecule has 10 rings (SSSR count). The number of nitrogens with zero attached hydrogens (tertiary/aromatic N) is 4. The molecule has 0 bridgehead atoms. The van der Waals surface area contributed by atoms with Gasteiger partial charge in [0.1, 0.15) is 18.0 Å². The van der Waals surface area contributed by atoms with E-state index in [4.69, 9.17) is 9.47 Å². The molecule has 2 atom stereocenters. The van der Waals surface area contributed by atoms with E-state index in [1.807, 2.05) is 0 Å². The number of nitro groups is 1. The van der Waals surface area contributed by atoms with Crippen molar-refractivity contribution >= 4 is 55.8 Å². The Bertz CT molecular complexity index is 2950. The number of fused-ring (bicyclic) bond motifs is 2. The van der Waals surface area contributed by atoms with Gasteiger partial charge in [0.25, 0.3) is 21.6 Å². The fourth-order valence-corrected chi connectivity index (χ4v) is 12.8. The van der Waals surface area contributed by atoms with Crippen LogP contribution in [0.1, 0.15) is 125 Å². The molecule has 0 radical (unpaired) electrons. The van der Waals surface area contributed by atoms with Crippen LogP contribution in [0.15, 0.2) is 77.8 Å². The molecule has 2 saturated heterocycles. The Morgan fingerprint density at radius 1 is 0.986 bits per heavy atom. The Balaban J connectivity index is 0.889. The van der Waals surface area contributed by atoms with Gasteiger partial charge in [-0.15, -0.1) is 0 Å². The Kier molecular flexibility index (Phi) is 12.5. The topological polar surface area (TPSA) is 221 Å². The first kappa shape index (κ1) is 47.4. The maximum absolute atomic E-state index is 14.3. The normalized spacial score (nSPS) is 23.6. The molecule has 4 fully saturated rings. The molecule has 370 valence electrons. The number of H-pyrrole nitrogens is 1. The van der Waals surface area contributed by atoms with Crippen molar-refractivity contribution in [3.8, 4) is 17.2 Å². The summed E-state index contributed by atoms with van der Waals surface area (Å²) in [5, 5.41) is 29.5. The predicted molar refractivity (Wildman–Crippen MR) is 266 cm³/mol. The summed E-state index contributed by atoms with van der Waals surface area (Å²) in [6.07, 6.45) is 11.0. The molecule has 2 aromatic heterocycles. The van der Waals surface area contributed by atoms with Crippen molar-refractivity contribution in [1.29, 1.82) is 0 Å². The van der Waals surface area contributed by atoms with Crippen molar-refractivity contribution in [3.05, 3.63) is 99.7 Å². The summed E-state index contributed by atoms with van der Waals surface area (Å²) < 4.78 is 42.8. The van der Waals surface area contributed by atoms with Crippen molar-refractivity contribution in [1.82, 2.24) is 19.6 Å². The number of pyridine rings is 1. The van der Waals surface area contributed by atoms with E-state index in [-0.39, 0.29) is 58.3 Å². The minimum absolute atomic E-state index is 0.0125. The molecule has 17 nitrogen and oxygen atoms in total. The van der Waals surface area contributed by atoms with Crippen LogP contribution in [0, 0.1) is 21.4 Å². The number of carbonyl (C=O) groups excluding carboxylic acids is 2. The van der Waals surface area contributed by atoms with Crippen molar-refractivity contribution in [2.24, 2.45) is 11.3 Å². The fraction of sp³-hybridized carbons (Fsp3) is 0.481. The third-order valence-corrected chi connectivity index (χ3v) is 17.0. The number of aromatic nitrogens is 2. The summed E-state index contributed by atoms with van der Waals surface area (Å²) in [5.74, 6) is -0.690. The van der Waals surface area contributed by atoms with Gasteiger partial charge in [-0.25, -0.2) is 18.1 Å². The lowest BCUT2D eigenvalue weighted by Crippen LogP contribution is -2.54. The Labute approximate surface area is 407 Å². The van der Waals surface area contributed by atoms with E-state index in [9.17, 15) is 33.2 Å². The Morgan fingerprint density at radius 3 is 2.47 bits per heavy atom. The van der Waals surface area contributed by atoms with Crippen molar-refractivity contribution in [2.45, 2.75) is 126 Å². The van der Waals surface area contributed by atoms with Crippen LogP contribution < -0.4 is 29.7 Å². The van der Waals surface area contributed by atoms with Crippen LogP contribution in [0.4, 0.5) is 22.9 Å². The lowest BCUT2D eigenvalue weighted by atomic mass is 9.59. The third-order valence-electron chi connectivity index (χ3n) is 15.7. The van der Waals surface area contributed by atoms with Gasteiger partial charge >= 0.3 is 0 Å². The summed E-state index contributed by atoms with van der Waals surface area (Å²) >= 11 is 0. The molecule has 2 saturated carbocycles. The molecule has 18 heteroatoms. The summed E-state index contributed by atoms with van der Waals surface area (Å²) in [7, 11) is -4.74. The van der Waals surface area contributed by atoms with Gasteiger partial charge in [-0.2, -0.15) is 0 Å². The van der Waals surface area contributed by atoms with E-state index in [1.165, 1.54) is 43.0 Å². The van der Waals surface area contributed by atoms with Crippen LogP contribution in [-0.4, -0.2) is 89.1 Å². The molecule has 2 amide bonds. The number of amides is 2. The standard InChI is InChI=1S/C52H62N8O9S/c1-31(2)38-8-5-6-9-39(38)42-10-7-21-59(42)36-28-52(29-36)18-22-58(23-19-52)35-11-12-40(44(25-35)69-46-24-34-15-20-53-48(34)56-49(46)54-32(3)61)50(62)57-70(66,67)37-26-43(60(64)65)47-45(27-37)68-30-41(55-47)33-13-16-51(4,63)17-14-33/h5-6,8-9,11-12,15,20,24-27,31,33,36,41-42,55,63H,7,10,13-14,16-19,21-23,28-30H2,1-4H3,(H,57,62)(H2,53,54,56,61)/t33?,41-,42-,51?/m1/s1. The first-order valence-corrected chi connectivity index (χ1v) is 26.1. The second-order valence-electron chi connectivity index (χ2n) is 20.8. The lowest BCUT2D eigenvalue weighted by molar-refractivity contribution is -0.384. The van der Waals surface area contributed by atoms with E-state index in [1.54, 1.807) is 37.4 Å². The lowest BCUT2D eigenvalue weighted by Gasteiger charge is -2.56. The zero-order chi connectivity index (χ0) is 49.1. The maximum atomic E-state index is 14.3. The zero-order valence-electron chi connectivity index (χ0n) is 40.1. The molecule has 5 aliphatic rings. The van der Waals surface area contributed by atoms with Gasteiger partial charge in [0.2, 0.25) is 5.91 Å². The van der Waals surface area contributed by atoms with Gasteiger partial charge in [0, 0.05) is 67.6 Å². The number of piperidine rings is 1. The smallest absolute Gasteiger partial charge is 0.297 e. The summed E-state index contributed by atoms with van der Waals surface area (Å²) in [4.78, 5) is 50.5. The quantitative estimate of drug-likeness (QED) is 0.0582. The van der Waals surface area contributed by atoms with Crippen LogP contribution in [0.2, 0.25) is 0 Å². The van der Waals surface area contributed by atoms with Crippen molar-refractivity contribution in [3.63, 3.8) is 0 Å². The zero-order valence-corrected chi connectivity index (χ0v) is 40.9. The number of likely N-dealkylation sites (tertiary alicyclic amines) is 1. The van der Waals surface area contributed by atoms with Crippen LogP contribution in [0.3, 0.4) is 0 Å². The van der Waals surface area contributed by atoms with Crippen LogP contribution in [0.25, 0.3) is 11.0 Å². The van der Waals surface area contributed by atoms with Gasteiger partial charge in [-0.05, 0) is 130 Å². The molecular weight excluding hydrogens is 913 g/mol. The average Bonchev–Trinajstić information content (AvgIpc) is 4.00. The number of hydrogen-bond donors (Lipinski definition) is 5. The predicted octanol–water partition coefficient (Wildman–Crippen LogP) is 9.16. The van der Waals surface area contributed by atoms with E-state index >= 15 is 0 Å². The first-order chi connectivity index (χ1) is 33.4. The third kappa shape index (κ3) is 9.40. The molecule has 5 heterocycles. The van der Waals surface area contributed by atoms with Gasteiger partial charge in [0.05, 0.1) is 27.0 Å². The minimum Gasteiger partial charge on any atom is -0.489 e. The number of nitro benzene ring substituents is 1. The molecule has 5 aromatic rings. The van der Waals surface area contributed by atoms with Crippen molar-refractivity contribution in [2.75, 3.05) is 41.8 Å². The number of hydrogen-bond acceptors (Lipinski definition) is 13. The monoisotopic (exact) mass is 974 g/mol. The second kappa shape index (κ2) is 18.5. The largest absolute Gasteiger partial charge is 0.489 e. The van der Waals surface area contributed by atoms with Gasteiger partial charge < -0.3 is 35.1 Å². The Hall–Kier alpha value is -6.24. The van der Waals surface area contributed by atoms with Crippen LogP contribution in [-0.2, 0) is 14.8 Å². The van der Waals surface area contributed by atoms with E-state index in [2.05, 4.69) is 73.2 Å². The molecule has 2 aliphatic carbocycles. The number of aromatic amines is 1. The number of rotatable bonds is 12. The highest BCUT2D eigenvalue weighted by atomic mass is 32.2. The number of benzene rings is 3. The average molecular weight is 975 g/mol. The fourth-order valence-electron chi connectivity index (χ4n) is 11.8. The minimum atomic E-state index is -4.74. The van der Waals surface area contributed by atoms with E-state index in [0.29, 0.717) is 54.7 Å². The number of ether oxygens (including phenoxy) is 2. The summed E-state index contributed by atoms with van der Waals surface area (Å²) in [6.45, 7) is 10.5. The molecule has 70 heavy (non-hydrogen) atoms. The molecule has 1 spiro atoms. The number of aliphatic hydroxyl groups is 1. The van der Waals surface area contributed by atoms with Gasteiger partial charge in [-0.1, -0.05) is 38.1 Å². The Morgan fingerprint density at radius 2 is 1.74 bits per heavy atom. The van der Waals surface area contributed by atoms with Gasteiger partial charge in [0.15, 0.2) is 23.0 Å². The highest BCUT2D eigenvalue weighted by Gasteiger charge is 2.50. The highest BCUT2D eigenvalue weighted by molar-refractivity contribution is 7.90.